The van der Waals surface area contributed by atoms with E-state index in [1.165, 1.54) is 6.07 Å². The van der Waals surface area contributed by atoms with Gasteiger partial charge in [-0.25, -0.2) is 4.39 Å². The van der Waals surface area contributed by atoms with Gasteiger partial charge < -0.3 is 14.4 Å². The average Bonchev–Trinajstić information content (AvgIpc) is 3.34. The zero-order valence-electron chi connectivity index (χ0n) is 19.3. The molecule has 0 spiro atoms. The predicted octanol–water partition coefficient (Wildman–Crippen LogP) is 3.54. The Balaban J connectivity index is 1.37. The van der Waals surface area contributed by atoms with E-state index in [1.54, 1.807) is 29.3 Å². The minimum Gasteiger partial charge on any atom is -0.372 e. The number of aromatic nitrogens is 1. The normalized spacial score (nSPS) is 18.1. The molecule has 0 saturated carbocycles. The zero-order chi connectivity index (χ0) is 23.2. The van der Waals surface area contributed by atoms with E-state index in [1.807, 2.05) is 17.0 Å². The Kier molecular flexibility index (Phi) is 7.60. The number of carbonyl (C=O) groups is 2. The summed E-state index contributed by atoms with van der Waals surface area (Å²) in [6.45, 7) is 7.14. The lowest BCUT2D eigenvalue weighted by molar-refractivity contribution is -0.115. The van der Waals surface area contributed by atoms with Crippen molar-refractivity contribution in [1.82, 2.24) is 19.3 Å². The second kappa shape index (κ2) is 10.8. The van der Waals surface area contributed by atoms with Crippen LogP contribution in [0.5, 0.6) is 0 Å². The van der Waals surface area contributed by atoms with Gasteiger partial charge in [0.25, 0.3) is 5.91 Å². The standard InChI is InChI=1S/C26H33FN4O2/c1-2-5-22(20-28-10-3-4-11-28)30-14-16-31(17-15-30)26(33)24-18-21(6-7-25(24)27)19-29-12-8-23(32)9-13-29/h3-4,6-8,10-12,18,22H,2,5,9,13-17,19-20H2,1H3. The van der Waals surface area contributed by atoms with Gasteiger partial charge in [0.05, 0.1) is 5.56 Å². The molecule has 3 heterocycles. The molecule has 1 atom stereocenters. The van der Waals surface area contributed by atoms with E-state index in [0.29, 0.717) is 38.6 Å². The van der Waals surface area contributed by atoms with Crippen LogP contribution in [0.15, 0.2) is 55.0 Å². The van der Waals surface area contributed by atoms with Gasteiger partial charge in [0.15, 0.2) is 5.78 Å². The summed E-state index contributed by atoms with van der Waals surface area (Å²) in [5.41, 5.74) is 1.00. The Labute approximate surface area is 195 Å². The summed E-state index contributed by atoms with van der Waals surface area (Å²) < 4.78 is 16.8. The maximum Gasteiger partial charge on any atom is 0.256 e. The Morgan fingerprint density at radius 1 is 1.09 bits per heavy atom. The molecule has 1 saturated heterocycles. The Bertz CT molecular complexity index is 980. The summed E-state index contributed by atoms with van der Waals surface area (Å²) in [6, 6.07) is 9.29. The molecular formula is C26H33FN4O2. The molecule has 2 aliphatic heterocycles. The second-order valence-corrected chi connectivity index (χ2v) is 8.97. The van der Waals surface area contributed by atoms with Crippen molar-refractivity contribution in [3.05, 3.63) is 71.9 Å². The molecule has 6 nitrogen and oxygen atoms in total. The van der Waals surface area contributed by atoms with Crippen LogP contribution in [0.25, 0.3) is 0 Å². The molecule has 2 aromatic rings. The first kappa shape index (κ1) is 23.2. The summed E-state index contributed by atoms with van der Waals surface area (Å²) in [4.78, 5) is 30.8. The zero-order valence-corrected chi connectivity index (χ0v) is 19.3. The van der Waals surface area contributed by atoms with Gasteiger partial charge >= 0.3 is 0 Å². The number of rotatable bonds is 8. The van der Waals surface area contributed by atoms with Gasteiger partial charge in [-0.15, -0.1) is 0 Å². The number of amides is 1. The minimum atomic E-state index is -0.480. The fourth-order valence-electron chi connectivity index (χ4n) is 4.72. The molecule has 176 valence electrons. The second-order valence-electron chi connectivity index (χ2n) is 8.97. The van der Waals surface area contributed by atoms with E-state index in [0.717, 1.165) is 38.0 Å². The van der Waals surface area contributed by atoms with Gasteiger partial charge in [0.1, 0.15) is 5.82 Å². The van der Waals surface area contributed by atoms with Gasteiger partial charge in [-0.2, -0.15) is 0 Å². The monoisotopic (exact) mass is 452 g/mol. The highest BCUT2D eigenvalue weighted by Crippen LogP contribution is 2.19. The number of nitrogens with zero attached hydrogens (tertiary/aromatic N) is 4. The molecule has 0 aliphatic carbocycles. The highest BCUT2D eigenvalue weighted by molar-refractivity contribution is 5.94. The minimum absolute atomic E-state index is 0.120. The van der Waals surface area contributed by atoms with Crippen LogP contribution in [0.4, 0.5) is 4.39 Å². The third-order valence-electron chi connectivity index (χ3n) is 6.59. The van der Waals surface area contributed by atoms with Gasteiger partial charge in [-0.1, -0.05) is 19.4 Å². The number of halogens is 1. The molecule has 0 radical (unpaired) electrons. The number of allylic oxidation sites excluding steroid dienone is 1. The molecule has 4 rings (SSSR count). The van der Waals surface area contributed by atoms with Crippen LogP contribution in [0.1, 0.15) is 42.1 Å². The van der Waals surface area contributed by atoms with Crippen LogP contribution in [0.2, 0.25) is 0 Å². The molecule has 1 aromatic heterocycles. The fraction of sp³-hybridized carbons (Fsp3) is 0.462. The summed E-state index contributed by atoms with van der Waals surface area (Å²) >= 11 is 0. The molecule has 0 N–H and O–H groups in total. The maximum absolute atomic E-state index is 14.6. The number of ketones is 1. The first-order valence-electron chi connectivity index (χ1n) is 11.9. The van der Waals surface area contributed by atoms with Crippen LogP contribution in [-0.2, 0) is 17.9 Å². The van der Waals surface area contributed by atoms with Crippen molar-refractivity contribution in [2.75, 3.05) is 32.7 Å². The lowest BCUT2D eigenvalue weighted by Crippen LogP contribution is -2.53. The number of hydrogen-bond donors (Lipinski definition) is 0. The van der Waals surface area contributed by atoms with Gasteiger partial charge in [0, 0.05) is 76.9 Å². The van der Waals surface area contributed by atoms with Crippen molar-refractivity contribution in [2.45, 2.75) is 45.3 Å². The molecule has 0 bridgehead atoms. The van der Waals surface area contributed by atoms with Gasteiger partial charge in [-0.05, 0) is 42.3 Å². The van der Waals surface area contributed by atoms with Gasteiger partial charge in [0.2, 0.25) is 0 Å². The fourth-order valence-corrected chi connectivity index (χ4v) is 4.72. The topological polar surface area (TPSA) is 48.8 Å². The first-order chi connectivity index (χ1) is 16.0. The number of hydrogen-bond acceptors (Lipinski definition) is 4. The highest BCUT2D eigenvalue weighted by atomic mass is 19.1. The number of piperazine rings is 1. The molecule has 1 aromatic carbocycles. The quantitative estimate of drug-likeness (QED) is 0.615. The van der Waals surface area contributed by atoms with Crippen LogP contribution in [0, 0.1) is 5.82 Å². The van der Waals surface area contributed by atoms with E-state index in [9.17, 15) is 14.0 Å². The summed E-state index contributed by atoms with van der Waals surface area (Å²) in [5, 5.41) is 0. The van der Waals surface area contributed by atoms with Crippen molar-refractivity contribution in [3.8, 4) is 0 Å². The molecule has 2 aliphatic rings. The predicted molar refractivity (Wildman–Crippen MR) is 126 cm³/mol. The van der Waals surface area contributed by atoms with Gasteiger partial charge in [-0.3, -0.25) is 14.5 Å². The molecule has 1 unspecified atom stereocenters. The van der Waals surface area contributed by atoms with Crippen LogP contribution >= 0.6 is 0 Å². The maximum atomic E-state index is 14.6. The summed E-state index contributed by atoms with van der Waals surface area (Å²) in [5.74, 6) is -0.599. The summed E-state index contributed by atoms with van der Waals surface area (Å²) in [7, 11) is 0. The SMILES string of the molecule is CCCC(Cn1cccc1)N1CCN(C(=O)c2cc(CN3C=CC(=O)CC3)ccc2F)CC1. The third-order valence-corrected chi connectivity index (χ3v) is 6.59. The molecule has 7 heteroatoms. The third kappa shape index (κ3) is 5.90. The van der Waals surface area contributed by atoms with Crippen molar-refractivity contribution in [3.63, 3.8) is 0 Å². The Morgan fingerprint density at radius 2 is 1.85 bits per heavy atom. The van der Waals surface area contributed by atoms with E-state index in [2.05, 4.69) is 28.8 Å². The van der Waals surface area contributed by atoms with E-state index >= 15 is 0 Å². The van der Waals surface area contributed by atoms with E-state index in [4.69, 9.17) is 0 Å². The Hall–Kier alpha value is -2.93. The Morgan fingerprint density at radius 3 is 2.52 bits per heavy atom. The first-order valence-corrected chi connectivity index (χ1v) is 11.9. The molecule has 33 heavy (non-hydrogen) atoms. The summed E-state index contributed by atoms with van der Waals surface area (Å²) in [6.07, 6.45) is 10.2. The smallest absolute Gasteiger partial charge is 0.256 e. The largest absolute Gasteiger partial charge is 0.372 e. The van der Waals surface area contributed by atoms with Crippen molar-refractivity contribution >= 4 is 11.7 Å². The van der Waals surface area contributed by atoms with Crippen molar-refractivity contribution in [1.29, 1.82) is 0 Å². The molecular weight excluding hydrogens is 419 g/mol. The lowest BCUT2D eigenvalue weighted by atomic mass is 10.1. The highest BCUT2D eigenvalue weighted by Gasteiger charge is 2.28. The number of carbonyl (C=O) groups excluding carboxylic acids is 2. The molecule has 1 amide bonds. The van der Waals surface area contributed by atoms with Crippen molar-refractivity contribution < 1.29 is 14.0 Å². The average molecular weight is 453 g/mol. The van der Waals surface area contributed by atoms with E-state index < -0.39 is 5.82 Å². The van der Waals surface area contributed by atoms with Crippen LogP contribution < -0.4 is 0 Å². The lowest BCUT2D eigenvalue weighted by Gasteiger charge is -2.39. The molecule has 1 fully saturated rings. The van der Waals surface area contributed by atoms with Crippen LogP contribution in [-0.4, -0.2) is 69.7 Å². The van der Waals surface area contributed by atoms with E-state index in [-0.39, 0.29) is 17.3 Å². The van der Waals surface area contributed by atoms with Crippen LogP contribution in [0.3, 0.4) is 0 Å². The number of benzene rings is 1. The van der Waals surface area contributed by atoms with Crippen molar-refractivity contribution in [2.24, 2.45) is 0 Å².